The fourth-order valence-corrected chi connectivity index (χ4v) is 3.39. The second-order valence-corrected chi connectivity index (χ2v) is 7.16. The van der Waals surface area contributed by atoms with E-state index in [9.17, 15) is 9.59 Å². The molecule has 0 bridgehead atoms. The lowest BCUT2D eigenvalue weighted by Crippen LogP contribution is -2.30. The molecule has 3 aromatic rings. The molecule has 27 heavy (non-hydrogen) atoms. The molecule has 0 spiro atoms. The molecule has 7 heteroatoms. The van der Waals surface area contributed by atoms with Crippen molar-refractivity contribution < 1.29 is 14.0 Å². The number of anilines is 1. The zero-order chi connectivity index (χ0) is 19.2. The molecule has 0 saturated carbocycles. The molecule has 0 fully saturated rings. The molecular formula is C20H21N3O3S. The Hall–Kier alpha value is -2.93. The van der Waals surface area contributed by atoms with Crippen molar-refractivity contribution in [3.05, 3.63) is 59.4 Å². The fourth-order valence-electron chi connectivity index (χ4n) is 2.67. The number of rotatable bonds is 7. The van der Waals surface area contributed by atoms with Crippen molar-refractivity contribution in [3.8, 4) is 11.3 Å². The highest BCUT2D eigenvalue weighted by Crippen LogP contribution is 2.25. The largest absolute Gasteiger partial charge is 0.459 e. The first-order valence-electron chi connectivity index (χ1n) is 8.68. The number of nitrogens with zero attached hydrogens (tertiary/aromatic N) is 1. The molecule has 0 radical (unpaired) electrons. The number of amides is 2. The van der Waals surface area contributed by atoms with Crippen molar-refractivity contribution >= 4 is 28.3 Å². The van der Waals surface area contributed by atoms with Gasteiger partial charge in [0.2, 0.25) is 5.91 Å². The van der Waals surface area contributed by atoms with Crippen LogP contribution in [0.5, 0.6) is 0 Å². The number of carbonyl (C=O) groups excluding carboxylic acids is 2. The number of thiazole rings is 1. The van der Waals surface area contributed by atoms with Crippen LogP contribution in [-0.2, 0) is 11.2 Å². The molecule has 6 nitrogen and oxygen atoms in total. The van der Waals surface area contributed by atoms with Crippen LogP contribution in [0.15, 0.2) is 52.5 Å². The van der Waals surface area contributed by atoms with E-state index >= 15 is 0 Å². The Kier molecular flexibility index (Phi) is 6.03. The van der Waals surface area contributed by atoms with Crippen molar-refractivity contribution in [2.75, 3.05) is 5.32 Å². The van der Waals surface area contributed by atoms with Crippen LogP contribution in [0.3, 0.4) is 0 Å². The van der Waals surface area contributed by atoms with Gasteiger partial charge < -0.3 is 9.73 Å². The minimum Gasteiger partial charge on any atom is -0.459 e. The number of aromatic nitrogens is 1. The molecule has 0 aliphatic heterocycles. The Labute approximate surface area is 161 Å². The molecule has 140 valence electrons. The Morgan fingerprint density at radius 2 is 2.00 bits per heavy atom. The second kappa shape index (κ2) is 8.64. The van der Waals surface area contributed by atoms with E-state index in [2.05, 4.69) is 27.8 Å². The van der Waals surface area contributed by atoms with Crippen LogP contribution in [0.1, 0.15) is 36.4 Å². The molecule has 1 unspecified atom stereocenters. The van der Waals surface area contributed by atoms with Gasteiger partial charge in [0, 0.05) is 23.9 Å². The van der Waals surface area contributed by atoms with E-state index in [1.807, 2.05) is 24.4 Å². The maximum atomic E-state index is 12.0. The molecule has 1 atom stereocenters. The van der Waals surface area contributed by atoms with Crippen molar-refractivity contribution in [1.29, 1.82) is 0 Å². The summed E-state index contributed by atoms with van der Waals surface area (Å²) in [5, 5.41) is 8.06. The van der Waals surface area contributed by atoms with Crippen LogP contribution < -0.4 is 10.6 Å². The summed E-state index contributed by atoms with van der Waals surface area (Å²) in [5.41, 5.74) is 3.01. The molecule has 0 saturated heterocycles. The summed E-state index contributed by atoms with van der Waals surface area (Å²) in [4.78, 5) is 27.5. The minimum atomic E-state index is -0.315. The third-order valence-electron chi connectivity index (χ3n) is 4.04. The van der Waals surface area contributed by atoms with Gasteiger partial charge in [-0.2, -0.15) is 0 Å². The molecule has 2 amide bonds. The Morgan fingerprint density at radius 3 is 2.67 bits per heavy atom. The van der Waals surface area contributed by atoms with E-state index in [1.165, 1.54) is 30.1 Å². The topological polar surface area (TPSA) is 84.2 Å². The predicted molar refractivity (Wildman–Crippen MR) is 106 cm³/mol. The van der Waals surface area contributed by atoms with Gasteiger partial charge in [0.25, 0.3) is 5.91 Å². The number of benzene rings is 1. The van der Waals surface area contributed by atoms with Crippen molar-refractivity contribution in [2.45, 2.75) is 32.7 Å². The number of furan rings is 1. The SMILES string of the molecule is CC(=O)NC(C)CCc1ccc(-c2csc(NC(=O)c3ccco3)n2)cc1. The molecule has 3 rings (SSSR count). The lowest BCUT2D eigenvalue weighted by atomic mass is 10.0. The van der Waals surface area contributed by atoms with Crippen molar-refractivity contribution in [2.24, 2.45) is 0 Å². The predicted octanol–water partition coefficient (Wildman–Crippen LogP) is 4.11. The first-order chi connectivity index (χ1) is 13.0. The number of carbonyl (C=O) groups is 2. The van der Waals surface area contributed by atoms with Gasteiger partial charge in [0.05, 0.1) is 12.0 Å². The minimum absolute atomic E-state index is 0.00340. The third-order valence-corrected chi connectivity index (χ3v) is 4.79. The highest BCUT2D eigenvalue weighted by molar-refractivity contribution is 7.14. The van der Waals surface area contributed by atoms with Crippen molar-refractivity contribution in [3.63, 3.8) is 0 Å². The van der Waals surface area contributed by atoms with Crippen LogP contribution in [0.25, 0.3) is 11.3 Å². The van der Waals surface area contributed by atoms with E-state index in [-0.39, 0.29) is 23.6 Å². The van der Waals surface area contributed by atoms with Crippen LogP contribution in [0, 0.1) is 0 Å². The molecule has 0 aliphatic carbocycles. The lowest BCUT2D eigenvalue weighted by Gasteiger charge is -2.12. The summed E-state index contributed by atoms with van der Waals surface area (Å²) < 4.78 is 5.07. The van der Waals surface area contributed by atoms with E-state index in [0.29, 0.717) is 5.13 Å². The van der Waals surface area contributed by atoms with E-state index in [0.717, 1.165) is 24.1 Å². The van der Waals surface area contributed by atoms with E-state index < -0.39 is 0 Å². The average molecular weight is 383 g/mol. The fraction of sp³-hybridized carbons (Fsp3) is 0.250. The van der Waals surface area contributed by atoms with Gasteiger partial charge >= 0.3 is 0 Å². The van der Waals surface area contributed by atoms with Gasteiger partial charge in [-0.05, 0) is 37.5 Å². The van der Waals surface area contributed by atoms with Crippen LogP contribution >= 0.6 is 11.3 Å². The molecule has 2 heterocycles. The molecule has 2 aromatic heterocycles. The zero-order valence-corrected chi connectivity index (χ0v) is 16.0. The average Bonchev–Trinajstić information content (AvgIpc) is 3.32. The molecular weight excluding hydrogens is 362 g/mol. The first-order valence-corrected chi connectivity index (χ1v) is 9.56. The van der Waals surface area contributed by atoms with E-state index in [1.54, 1.807) is 12.1 Å². The standard InChI is InChI=1S/C20H21N3O3S/c1-13(21-14(2)24)5-6-15-7-9-16(10-8-15)17-12-27-20(22-17)23-19(25)18-4-3-11-26-18/h3-4,7-13H,5-6H2,1-2H3,(H,21,24)(H,22,23,25). The number of hydrogen-bond acceptors (Lipinski definition) is 5. The number of nitrogens with one attached hydrogen (secondary N) is 2. The van der Waals surface area contributed by atoms with Crippen LogP contribution in [-0.4, -0.2) is 22.8 Å². The second-order valence-electron chi connectivity index (χ2n) is 6.31. The Morgan fingerprint density at radius 1 is 1.22 bits per heavy atom. The highest BCUT2D eigenvalue weighted by atomic mass is 32.1. The van der Waals surface area contributed by atoms with Gasteiger partial charge in [-0.3, -0.25) is 14.9 Å². The Balaban J connectivity index is 1.58. The van der Waals surface area contributed by atoms with Gasteiger partial charge in [-0.15, -0.1) is 11.3 Å². The number of hydrogen-bond donors (Lipinski definition) is 2. The van der Waals surface area contributed by atoms with Gasteiger partial charge in [-0.1, -0.05) is 24.3 Å². The maximum Gasteiger partial charge on any atom is 0.293 e. The summed E-state index contributed by atoms with van der Waals surface area (Å²) >= 11 is 1.37. The number of aryl methyl sites for hydroxylation is 1. The van der Waals surface area contributed by atoms with Gasteiger partial charge in [0.15, 0.2) is 10.9 Å². The normalized spacial score (nSPS) is 11.8. The van der Waals surface area contributed by atoms with Gasteiger partial charge in [-0.25, -0.2) is 4.98 Å². The summed E-state index contributed by atoms with van der Waals surface area (Å²) in [6.07, 6.45) is 3.24. The van der Waals surface area contributed by atoms with Crippen LogP contribution in [0.4, 0.5) is 5.13 Å². The monoisotopic (exact) mass is 383 g/mol. The summed E-state index contributed by atoms with van der Waals surface area (Å²) in [6.45, 7) is 3.54. The molecule has 1 aromatic carbocycles. The van der Waals surface area contributed by atoms with Crippen LogP contribution in [0.2, 0.25) is 0 Å². The van der Waals surface area contributed by atoms with Crippen molar-refractivity contribution in [1.82, 2.24) is 10.3 Å². The summed E-state index contributed by atoms with van der Waals surface area (Å²) in [7, 11) is 0. The summed E-state index contributed by atoms with van der Waals surface area (Å²) in [6, 6.07) is 11.6. The maximum absolute atomic E-state index is 12.0. The highest BCUT2D eigenvalue weighted by Gasteiger charge is 2.12. The zero-order valence-electron chi connectivity index (χ0n) is 15.2. The summed E-state index contributed by atoms with van der Waals surface area (Å²) in [5.74, 6) is -0.0644. The lowest BCUT2D eigenvalue weighted by molar-refractivity contribution is -0.119. The smallest absolute Gasteiger partial charge is 0.293 e. The van der Waals surface area contributed by atoms with E-state index in [4.69, 9.17) is 4.42 Å². The van der Waals surface area contributed by atoms with Gasteiger partial charge in [0.1, 0.15) is 0 Å². The first kappa shape index (κ1) is 18.8. The molecule has 0 aliphatic rings. The molecule has 2 N–H and O–H groups in total. The third kappa shape index (κ3) is 5.27. The Bertz CT molecular complexity index is 901. The quantitative estimate of drug-likeness (QED) is 0.643.